The van der Waals surface area contributed by atoms with Gasteiger partial charge in [0.2, 0.25) is 18.3 Å². The molecule has 1 aliphatic heterocycles. The van der Waals surface area contributed by atoms with Crippen molar-refractivity contribution >= 4 is 22.7 Å². The van der Waals surface area contributed by atoms with Crippen LogP contribution in [0.1, 0.15) is 19.4 Å². The van der Waals surface area contributed by atoms with Gasteiger partial charge >= 0.3 is 0 Å². The Kier molecular flexibility index (Phi) is 6.28. The van der Waals surface area contributed by atoms with E-state index in [1.807, 2.05) is 43.0 Å². The Bertz CT molecular complexity index is 911. The van der Waals surface area contributed by atoms with E-state index in [4.69, 9.17) is 0 Å². The van der Waals surface area contributed by atoms with E-state index in [0.717, 1.165) is 16.5 Å². The summed E-state index contributed by atoms with van der Waals surface area (Å²) in [5, 5.41) is 3.92. The Labute approximate surface area is 161 Å². The maximum atomic E-state index is 12.9. The molecule has 1 aromatic carbocycles. The number of rotatable bonds is 5. The van der Waals surface area contributed by atoms with Crippen LogP contribution in [-0.2, 0) is 6.54 Å². The minimum Gasteiger partial charge on any atom is -0.355 e. The molecule has 8 heteroatoms. The lowest BCUT2D eigenvalue weighted by atomic mass is 10.0. The van der Waals surface area contributed by atoms with E-state index in [1.165, 1.54) is 12.3 Å². The van der Waals surface area contributed by atoms with Gasteiger partial charge in [-0.3, -0.25) is 0 Å². The van der Waals surface area contributed by atoms with Crippen molar-refractivity contribution in [1.82, 2.24) is 15.0 Å². The van der Waals surface area contributed by atoms with E-state index in [1.54, 1.807) is 6.07 Å². The topological polar surface area (TPSA) is 53.9 Å². The van der Waals surface area contributed by atoms with E-state index in [-0.39, 0.29) is 13.1 Å². The molecule has 0 bridgehead atoms. The predicted octanol–water partition coefficient (Wildman–Crippen LogP) is 4.50. The third-order valence-corrected chi connectivity index (χ3v) is 4.39. The van der Waals surface area contributed by atoms with Crippen molar-refractivity contribution in [1.29, 1.82) is 0 Å². The molecular weight excluding hydrogens is 367 g/mol. The van der Waals surface area contributed by atoms with Crippen molar-refractivity contribution in [2.75, 3.05) is 23.3 Å². The van der Waals surface area contributed by atoms with Gasteiger partial charge in [0, 0.05) is 31.2 Å². The first-order valence-corrected chi connectivity index (χ1v) is 9.24. The first-order chi connectivity index (χ1) is 13.6. The summed E-state index contributed by atoms with van der Waals surface area (Å²) in [5.74, 6) is -0.120. The van der Waals surface area contributed by atoms with Crippen molar-refractivity contribution in [2.45, 2.75) is 26.8 Å². The SMILES string of the molecule is CC.Fc1ccc(CNc2nc(N3CC(C(F)F)C3)c3ccccc3n2)cn1. The number of aromatic nitrogens is 3. The molecule has 0 unspecified atom stereocenters. The lowest BCUT2D eigenvalue weighted by Crippen LogP contribution is -2.50. The Morgan fingerprint density at radius 3 is 2.54 bits per heavy atom. The van der Waals surface area contributed by atoms with Crippen LogP contribution in [0.3, 0.4) is 0 Å². The summed E-state index contributed by atoms with van der Waals surface area (Å²) in [4.78, 5) is 14.4. The Morgan fingerprint density at radius 1 is 1.11 bits per heavy atom. The average Bonchev–Trinajstić information content (AvgIpc) is 2.67. The molecule has 0 saturated carbocycles. The summed E-state index contributed by atoms with van der Waals surface area (Å²) >= 11 is 0. The summed E-state index contributed by atoms with van der Waals surface area (Å²) < 4.78 is 38.5. The maximum absolute atomic E-state index is 12.9. The fourth-order valence-electron chi connectivity index (χ4n) is 2.92. The summed E-state index contributed by atoms with van der Waals surface area (Å²) in [6.45, 7) is 4.94. The predicted molar refractivity (Wildman–Crippen MR) is 104 cm³/mol. The molecule has 0 radical (unpaired) electrons. The number of nitrogens with one attached hydrogen (secondary N) is 1. The molecular formula is C20H22F3N5. The maximum Gasteiger partial charge on any atom is 0.244 e. The second-order valence-electron chi connectivity index (χ2n) is 6.23. The zero-order valence-corrected chi connectivity index (χ0v) is 15.7. The van der Waals surface area contributed by atoms with E-state index < -0.39 is 18.3 Å². The smallest absolute Gasteiger partial charge is 0.244 e. The van der Waals surface area contributed by atoms with Crippen LogP contribution in [0, 0.1) is 11.9 Å². The van der Waals surface area contributed by atoms with Gasteiger partial charge < -0.3 is 10.2 Å². The number of benzene rings is 1. The van der Waals surface area contributed by atoms with E-state index in [0.29, 0.717) is 18.3 Å². The molecule has 4 rings (SSSR count). The molecule has 5 nitrogen and oxygen atoms in total. The van der Waals surface area contributed by atoms with E-state index in [2.05, 4.69) is 20.3 Å². The van der Waals surface area contributed by atoms with Crippen molar-refractivity contribution in [3.63, 3.8) is 0 Å². The third kappa shape index (κ3) is 4.32. The molecule has 1 N–H and O–H groups in total. The Hall–Kier alpha value is -2.90. The first-order valence-electron chi connectivity index (χ1n) is 9.24. The van der Waals surface area contributed by atoms with Gasteiger partial charge in [-0.2, -0.15) is 9.37 Å². The standard InChI is InChI=1S/C18H16F3N5.C2H6/c19-15-6-5-11(7-22-15)8-23-18-24-14-4-2-1-3-13(14)17(25-18)26-9-12(10-26)16(20)21;1-2/h1-7,12,16H,8-10H2,(H,23,24,25);1-2H3. The number of pyridine rings is 1. The van der Waals surface area contributed by atoms with Crippen LogP contribution in [0.25, 0.3) is 10.9 Å². The minimum absolute atomic E-state index is 0.278. The van der Waals surface area contributed by atoms with E-state index >= 15 is 0 Å². The van der Waals surface area contributed by atoms with Gasteiger partial charge in [0.1, 0.15) is 5.82 Å². The quantitative estimate of drug-likeness (QED) is 0.651. The highest BCUT2D eigenvalue weighted by atomic mass is 19.3. The van der Waals surface area contributed by atoms with Crippen LogP contribution in [0.2, 0.25) is 0 Å². The summed E-state index contributed by atoms with van der Waals surface area (Å²) in [5.41, 5.74) is 1.52. The zero-order valence-electron chi connectivity index (χ0n) is 15.7. The Morgan fingerprint density at radius 2 is 1.86 bits per heavy atom. The molecule has 1 aliphatic rings. The second-order valence-corrected chi connectivity index (χ2v) is 6.23. The molecule has 3 aromatic rings. The van der Waals surface area contributed by atoms with Crippen LogP contribution < -0.4 is 10.2 Å². The molecule has 0 aliphatic carbocycles. The van der Waals surface area contributed by atoms with Crippen LogP contribution in [0.5, 0.6) is 0 Å². The average molecular weight is 389 g/mol. The van der Waals surface area contributed by atoms with Gasteiger partial charge in [0.05, 0.1) is 11.4 Å². The number of fused-ring (bicyclic) bond motifs is 1. The number of hydrogen-bond donors (Lipinski definition) is 1. The highest BCUT2D eigenvalue weighted by Crippen LogP contribution is 2.32. The monoisotopic (exact) mass is 389 g/mol. The van der Waals surface area contributed by atoms with Crippen molar-refractivity contribution < 1.29 is 13.2 Å². The van der Waals surface area contributed by atoms with Crippen molar-refractivity contribution in [3.05, 3.63) is 54.1 Å². The molecule has 3 heterocycles. The number of hydrogen-bond acceptors (Lipinski definition) is 5. The second kappa shape index (κ2) is 8.86. The minimum atomic E-state index is -2.32. The lowest BCUT2D eigenvalue weighted by Gasteiger charge is -2.40. The number of alkyl halides is 2. The Balaban J connectivity index is 0.00000109. The fraction of sp³-hybridized carbons (Fsp3) is 0.350. The van der Waals surface area contributed by atoms with Gasteiger partial charge in [-0.05, 0) is 23.8 Å². The molecule has 0 atom stereocenters. The lowest BCUT2D eigenvalue weighted by molar-refractivity contribution is 0.0612. The van der Waals surface area contributed by atoms with Gasteiger partial charge in [0.15, 0.2) is 0 Å². The van der Waals surface area contributed by atoms with Gasteiger partial charge in [-0.15, -0.1) is 0 Å². The first kappa shape index (κ1) is 19.9. The summed E-state index contributed by atoms with van der Waals surface area (Å²) in [7, 11) is 0. The van der Waals surface area contributed by atoms with Crippen LogP contribution in [0.15, 0.2) is 42.6 Å². The normalized spacial score (nSPS) is 13.9. The number of halogens is 3. The van der Waals surface area contributed by atoms with Gasteiger partial charge in [0.25, 0.3) is 0 Å². The van der Waals surface area contributed by atoms with Crippen LogP contribution in [0.4, 0.5) is 24.9 Å². The van der Waals surface area contributed by atoms with E-state index in [9.17, 15) is 13.2 Å². The highest BCUT2D eigenvalue weighted by Gasteiger charge is 2.35. The molecule has 2 aromatic heterocycles. The van der Waals surface area contributed by atoms with Gasteiger partial charge in [-0.25, -0.2) is 18.7 Å². The van der Waals surface area contributed by atoms with Gasteiger partial charge in [-0.1, -0.05) is 32.0 Å². The largest absolute Gasteiger partial charge is 0.355 e. The molecule has 0 amide bonds. The summed E-state index contributed by atoms with van der Waals surface area (Å²) in [6.07, 6.45) is -0.879. The molecule has 28 heavy (non-hydrogen) atoms. The highest BCUT2D eigenvalue weighted by molar-refractivity contribution is 5.90. The van der Waals surface area contributed by atoms with Crippen LogP contribution in [-0.4, -0.2) is 34.5 Å². The fourth-order valence-corrected chi connectivity index (χ4v) is 2.92. The van der Waals surface area contributed by atoms with Crippen molar-refractivity contribution in [2.24, 2.45) is 5.92 Å². The number of para-hydroxylation sites is 1. The van der Waals surface area contributed by atoms with Crippen LogP contribution >= 0.6 is 0 Å². The zero-order chi connectivity index (χ0) is 20.1. The molecule has 1 saturated heterocycles. The number of anilines is 2. The number of nitrogens with zero attached hydrogens (tertiary/aromatic N) is 4. The molecule has 1 fully saturated rings. The molecule has 148 valence electrons. The molecule has 0 spiro atoms. The third-order valence-electron chi connectivity index (χ3n) is 4.39. The van der Waals surface area contributed by atoms with Crippen molar-refractivity contribution in [3.8, 4) is 0 Å². The summed E-state index contributed by atoms with van der Waals surface area (Å²) in [6, 6.07) is 10.4.